The van der Waals surface area contributed by atoms with Gasteiger partial charge in [0.1, 0.15) is 17.1 Å². The van der Waals surface area contributed by atoms with Gasteiger partial charge in [-0.3, -0.25) is 4.79 Å². The van der Waals surface area contributed by atoms with Crippen molar-refractivity contribution >= 4 is 11.9 Å². The number of carbonyl (C=O) groups excluding carboxylic acids is 1. The fourth-order valence-electron chi connectivity index (χ4n) is 1.35. The van der Waals surface area contributed by atoms with Crippen LogP contribution in [0.25, 0.3) is 0 Å². The lowest BCUT2D eigenvalue weighted by Gasteiger charge is -2.15. The van der Waals surface area contributed by atoms with E-state index in [-0.39, 0.29) is 17.2 Å². The second-order valence-electron chi connectivity index (χ2n) is 3.54. The molecule has 0 heterocycles. The minimum atomic E-state index is -1.15. The largest absolute Gasteiger partial charge is 0.497 e. The molecule has 1 unspecified atom stereocenters. The topological polar surface area (TPSA) is 84.9 Å². The van der Waals surface area contributed by atoms with Crippen LogP contribution in [0.15, 0.2) is 18.2 Å². The molecule has 2 N–H and O–H groups in total. The molecule has 98 valence electrons. The van der Waals surface area contributed by atoms with Crippen LogP contribution in [0.3, 0.4) is 0 Å². The molecule has 1 amide bonds. The summed E-state index contributed by atoms with van der Waals surface area (Å²) in [7, 11) is 2.92. The first-order chi connectivity index (χ1) is 8.49. The van der Waals surface area contributed by atoms with E-state index in [4.69, 9.17) is 14.6 Å². The van der Waals surface area contributed by atoms with Crippen molar-refractivity contribution in [2.75, 3.05) is 14.2 Å². The van der Waals surface area contributed by atoms with Gasteiger partial charge in [-0.25, -0.2) is 4.79 Å². The summed E-state index contributed by atoms with van der Waals surface area (Å²) in [5.41, 5.74) is -0.0508. The van der Waals surface area contributed by atoms with E-state index in [1.54, 1.807) is 6.07 Å². The van der Waals surface area contributed by atoms with E-state index < -0.39 is 12.1 Å². The maximum Gasteiger partial charge on any atom is 0.339 e. The maximum absolute atomic E-state index is 11.3. The van der Waals surface area contributed by atoms with Crippen LogP contribution >= 0.6 is 0 Å². The number of amides is 1. The molecule has 0 aliphatic heterocycles. The Morgan fingerprint density at radius 3 is 2.56 bits per heavy atom. The van der Waals surface area contributed by atoms with Crippen molar-refractivity contribution in [3.05, 3.63) is 23.8 Å². The smallest absolute Gasteiger partial charge is 0.339 e. The zero-order valence-corrected chi connectivity index (χ0v) is 10.4. The first-order valence-corrected chi connectivity index (χ1v) is 5.29. The van der Waals surface area contributed by atoms with Crippen molar-refractivity contribution < 1.29 is 24.2 Å². The summed E-state index contributed by atoms with van der Waals surface area (Å²) in [6, 6.07) is 4.37. The van der Waals surface area contributed by atoms with Gasteiger partial charge in [0.15, 0.2) is 6.10 Å². The van der Waals surface area contributed by atoms with Crippen LogP contribution in [0.1, 0.15) is 17.3 Å². The third-order valence-electron chi connectivity index (χ3n) is 2.34. The van der Waals surface area contributed by atoms with Gasteiger partial charge in [0.25, 0.3) is 5.91 Å². The molecule has 1 aromatic rings. The van der Waals surface area contributed by atoms with Crippen molar-refractivity contribution in [1.29, 1.82) is 0 Å². The number of ether oxygens (including phenoxy) is 2. The number of carboxylic acid groups (broad SMARTS) is 1. The number of carboxylic acids is 1. The molecular formula is C12H15NO5. The Hall–Kier alpha value is -2.24. The summed E-state index contributed by atoms with van der Waals surface area (Å²) in [5, 5.41) is 11.5. The molecule has 1 atom stereocenters. The van der Waals surface area contributed by atoms with Gasteiger partial charge < -0.3 is 19.9 Å². The SMILES string of the molecule is CNC(=O)C(C)Oc1ccc(OC)cc1C(=O)O. The summed E-state index contributed by atoms with van der Waals surface area (Å²) < 4.78 is 10.2. The van der Waals surface area contributed by atoms with Gasteiger partial charge in [0.05, 0.1) is 7.11 Å². The minimum Gasteiger partial charge on any atom is -0.497 e. The predicted octanol–water partition coefficient (Wildman–Crippen LogP) is 0.907. The van der Waals surface area contributed by atoms with E-state index in [1.807, 2.05) is 0 Å². The van der Waals surface area contributed by atoms with Crippen LogP contribution in [0, 0.1) is 0 Å². The van der Waals surface area contributed by atoms with Gasteiger partial charge >= 0.3 is 5.97 Å². The van der Waals surface area contributed by atoms with E-state index in [1.165, 1.54) is 33.2 Å². The van der Waals surface area contributed by atoms with Crippen molar-refractivity contribution in [1.82, 2.24) is 5.32 Å². The average Bonchev–Trinajstić information content (AvgIpc) is 2.37. The number of rotatable bonds is 5. The Kier molecular flexibility index (Phi) is 4.53. The van der Waals surface area contributed by atoms with Crippen LogP contribution in [0.4, 0.5) is 0 Å². The highest BCUT2D eigenvalue weighted by molar-refractivity contribution is 5.91. The predicted molar refractivity (Wildman–Crippen MR) is 64.1 cm³/mol. The normalized spacial score (nSPS) is 11.5. The number of benzene rings is 1. The van der Waals surface area contributed by atoms with E-state index in [0.717, 1.165) is 0 Å². The first-order valence-electron chi connectivity index (χ1n) is 5.29. The Bertz CT molecular complexity index is 458. The lowest BCUT2D eigenvalue weighted by atomic mass is 10.2. The highest BCUT2D eigenvalue weighted by Crippen LogP contribution is 2.25. The molecule has 0 saturated heterocycles. The number of carbonyl (C=O) groups is 2. The fraction of sp³-hybridized carbons (Fsp3) is 0.333. The fourth-order valence-corrected chi connectivity index (χ4v) is 1.35. The molecule has 0 fully saturated rings. The molecule has 0 aromatic heterocycles. The van der Waals surface area contributed by atoms with E-state index in [0.29, 0.717) is 5.75 Å². The summed E-state index contributed by atoms with van der Waals surface area (Å²) in [6.07, 6.45) is -0.776. The highest BCUT2D eigenvalue weighted by atomic mass is 16.5. The Morgan fingerprint density at radius 1 is 1.39 bits per heavy atom. The molecule has 6 nitrogen and oxygen atoms in total. The number of aromatic carboxylic acids is 1. The Labute approximate surface area is 105 Å². The number of hydrogen-bond donors (Lipinski definition) is 2. The Morgan fingerprint density at radius 2 is 2.06 bits per heavy atom. The standard InChI is InChI=1S/C12H15NO5/c1-7(11(14)13-2)18-10-5-4-8(17-3)6-9(10)12(15)16/h4-7H,1-3H3,(H,13,14)(H,15,16). The summed E-state index contributed by atoms with van der Waals surface area (Å²) in [5.74, 6) is -0.943. The molecule has 18 heavy (non-hydrogen) atoms. The lowest BCUT2D eigenvalue weighted by molar-refractivity contribution is -0.126. The van der Waals surface area contributed by atoms with Crippen molar-refractivity contribution in [2.45, 2.75) is 13.0 Å². The van der Waals surface area contributed by atoms with E-state index >= 15 is 0 Å². The second-order valence-corrected chi connectivity index (χ2v) is 3.54. The molecule has 0 saturated carbocycles. The zero-order valence-electron chi connectivity index (χ0n) is 10.4. The third kappa shape index (κ3) is 3.13. The lowest BCUT2D eigenvalue weighted by Crippen LogP contribution is -2.34. The number of hydrogen-bond acceptors (Lipinski definition) is 4. The average molecular weight is 253 g/mol. The molecular weight excluding hydrogens is 238 g/mol. The molecule has 0 spiro atoms. The van der Waals surface area contributed by atoms with Crippen molar-refractivity contribution in [2.24, 2.45) is 0 Å². The maximum atomic E-state index is 11.3. The van der Waals surface area contributed by atoms with Gasteiger partial charge in [-0.2, -0.15) is 0 Å². The van der Waals surface area contributed by atoms with Gasteiger partial charge in [0, 0.05) is 7.05 Å². The molecule has 0 bridgehead atoms. The van der Waals surface area contributed by atoms with E-state index in [9.17, 15) is 9.59 Å². The van der Waals surface area contributed by atoms with Gasteiger partial charge in [-0.1, -0.05) is 0 Å². The summed E-state index contributed by atoms with van der Waals surface area (Å²) in [6.45, 7) is 1.54. The van der Waals surface area contributed by atoms with Gasteiger partial charge in [0.2, 0.25) is 0 Å². The Balaban J connectivity index is 3.01. The molecule has 6 heteroatoms. The zero-order chi connectivity index (χ0) is 13.7. The second kappa shape index (κ2) is 5.90. The van der Waals surface area contributed by atoms with E-state index in [2.05, 4.69) is 5.32 Å². The number of nitrogens with one attached hydrogen (secondary N) is 1. The van der Waals surface area contributed by atoms with Gasteiger partial charge in [-0.05, 0) is 25.1 Å². The number of methoxy groups -OCH3 is 1. The first kappa shape index (κ1) is 13.8. The van der Waals surface area contributed by atoms with Crippen molar-refractivity contribution in [3.8, 4) is 11.5 Å². The van der Waals surface area contributed by atoms with Crippen LogP contribution in [0.5, 0.6) is 11.5 Å². The highest BCUT2D eigenvalue weighted by Gasteiger charge is 2.18. The monoisotopic (exact) mass is 253 g/mol. The molecule has 0 radical (unpaired) electrons. The van der Waals surface area contributed by atoms with Crippen LogP contribution < -0.4 is 14.8 Å². The van der Waals surface area contributed by atoms with Crippen LogP contribution in [-0.2, 0) is 4.79 Å². The van der Waals surface area contributed by atoms with Gasteiger partial charge in [-0.15, -0.1) is 0 Å². The minimum absolute atomic E-state index is 0.0508. The molecule has 1 aromatic carbocycles. The number of likely N-dealkylation sites (N-methyl/N-ethyl adjacent to an activating group) is 1. The molecule has 0 aliphatic carbocycles. The molecule has 1 rings (SSSR count). The quantitative estimate of drug-likeness (QED) is 0.814. The molecule has 0 aliphatic rings. The third-order valence-corrected chi connectivity index (χ3v) is 2.34. The summed E-state index contributed by atoms with van der Waals surface area (Å²) in [4.78, 5) is 22.4. The van der Waals surface area contributed by atoms with Crippen LogP contribution in [-0.4, -0.2) is 37.2 Å². The summed E-state index contributed by atoms with van der Waals surface area (Å²) >= 11 is 0. The van der Waals surface area contributed by atoms with Crippen molar-refractivity contribution in [3.63, 3.8) is 0 Å². The van der Waals surface area contributed by atoms with Crippen LogP contribution in [0.2, 0.25) is 0 Å².